The number of rotatable bonds is 5. The van der Waals surface area contributed by atoms with Crippen molar-refractivity contribution in [2.45, 2.75) is 6.42 Å². The molecule has 1 heterocycles. The van der Waals surface area contributed by atoms with E-state index in [1.54, 1.807) is 0 Å². The van der Waals surface area contributed by atoms with Crippen LogP contribution < -0.4 is 11.1 Å². The fraction of sp³-hybridized carbons (Fsp3) is 0.176. The Hall–Kier alpha value is -2.60. The van der Waals surface area contributed by atoms with Crippen molar-refractivity contribution in [2.75, 3.05) is 18.4 Å². The topological polar surface area (TPSA) is 63.8 Å². The molecular weight excluding hydrogens is 298 g/mol. The van der Waals surface area contributed by atoms with Crippen molar-refractivity contribution in [1.82, 2.24) is 9.97 Å². The normalized spacial score (nSPS) is 10.9. The number of hydrogen-bond donors (Lipinski definition) is 2. The van der Waals surface area contributed by atoms with Gasteiger partial charge < -0.3 is 11.1 Å². The molecule has 0 aliphatic heterocycles. The summed E-state index contributed by atoms with van der Waals surface area (Å²) in [5.41, 5.74) is 6.84. The smallest absolute Gasteiger partial charge is 0.223 e. The molecule has 0 saturated heterocycles. The van der Waals surface area contributed by atoms with Gasteiger partial charge in [-0.25, -0.2) is 18.7 Å². The minimum atomic E-state index is -0.651. The molecule has 0 amide bonds. The minimum absolute atomic E-state index is 0.242. The van der Waals surface area contributed by atoms with Gasteiger partial charge in [0.2, 0.25) is 5.95 Å². The molecule has 0 saturated carbocycles. The van der Waals surface area contributed by atoms with Crippen molar-refractivity contribution in [3.8, 4) is 11.3 Å². The third kappa shape index (κ3) is 3.27. The Balaban J connectivity index is 2.13. The molecule has 0 spiro atoms. The summed E-state index contributed by atoms with van der Waals surface area (Å²) in [6, 6.07) is 10.8. The molecule has 3 N–H and O–H groups in total. The van der Waals surface area contributed by atoms with Crippen molar-refractivity contribution in [3.05, 3.63) is 54.1 Å². The third-order valence-corrected chi connectivity index (χ3v) is 3.45. The summed E-state index contributed by atoms with van der Waals surface area (Å²) < 4.78 is 27.3. The van der Waals surface area contributed by atoms with Gasteiger partial charge in [-0.05, 0) is 31.2 Å². The number of halogens is 2. The van der Waals surface area contributed by atoms with Crippen molar-refractivity contribution >= 4 is 16.9 Å². The SMILES string of the molecule is NCCCNc1nc(-c2ccc(F)cc2F)c2ccccc2n1. The number of nitrogens with one attached hydrogen (secondary N) is 1. The Kier molecular flexibility index (Phi) is 4.43. The lowest BCUT2D eigenvalue weighted by molar-refractivity contribution is 0.585. The van der Waals surface area contributed by atoms with Crippen LogP contribution in [0, 0.1) is 11.6 Å². The maximum atomic E-state index is 14.2. The van der Waals surface area contributed by atoms with E-state index in [0.717, 1.165) is 12.5 Å². The molecule has 1 aromatic heterocycles. The fourth-order valence-electron chi connectivity index (χ4n) is 2.34. The van der Waals surface area contributed by atoms with Gasteiger partial charge in [-0.1, -0.05) is 18.2 Å². The molecule has 3 aromatic rings. The van der Waals surface area contributed by atoms with Crippen molar-refractivity contribution in [3.63, 3.8) is 0 Å². The zero-order valence-corrected chi connectivity index (χ0v) is 12.4. The van der Waals surface area contributed by atoms with Crippen LogP contribution in [0.2, 0.25) is 0 Å². The van der Waals surface area contributed by atoms with E-state index in [2.05, 4.69) is 15.3 Å². The Bertz CT molecular complexity index is 836. The van der Waals surface area contributed by atoms with Crippen LogP contribution in [0.25, 0.3) is 22.2 Å². The van der Waals surface area contributed by atoms with Gasteiger partial charge in [-0.3, -0.25) is 0 Å². The van der Waals surface area contributed by atoms with Crippen LogP contribution in [0.3, 0.4) is 0 Å². The van der Waals surface area contributed by atoms with Gasteiger partial charge in [0.05, 0.1) is 11.2 Å². The average molecular weight is 314 g/mol. The molecule has 0 aliphatic rings. The highest BCUT2D eigenvalue weighted by molar-refractivity contribution is 5.93. The molecule has 0 atom stereocenters. The number of benzene rings is 2. The van der Waals surface area contributed by atoms with Gasteiger partial charge >= 0.3 is 0 Å². The second kappa shape index (κ2) is 6.66. The number of para-hydroxylation sites is 1. The van der Waals surface area contributed by atoms with E-state index in [0.29, 0.717) is 35.6 Å². The Morgan fingerprint density at radius 2 is 1.87 bits per heavy atom. The number of hydrogen-bond acceptors (Lipinski definition) is 4. The largest absolute Gasteiger partial charge is 0.354 e. The van der Waals surface area contributed by atoms with Crippen LogP contribution in [-0.2, 0) is 0 Å². The lowest BCUT2D eigenvalue weighted by Gasteiger charge is -2.11. The highest BCUT2D eigenvalue weighted by atomic mass is 19.1. The summed E-state index contributed by atoms with van der Waals surface area (Å²) >= 11 is 0. The predicted molar refractivity (Wildman–Crippen MR) is 87.1 cm³/mol. The maximum absolute atomic E-state index is 14.2. The van der Waals surface area contributed by atoms with Crippen molar-refractivity contribution < 1.29 is 8.78 Å². The molecule has 4 nitrogen and oxygen atoms in total. The zero-order chi connectivity index (χ0) is 16.2. The van der Waals surface area contributed by atoms with Gasteiger partial charge in [0.25, 0.3) is 0 Å². The van der Waals surface area contributed by atoms with Crippen LogP contribution >= 0.6 is 0 Å². The highest BCUT2D eigenvalue weighted by Gasteiger charge is 2.13. The Labute approximate surface area is 132 Å². The summed E-state index contributed by atoms with van der Waals surface area (Å²) in [4.78, 5) is 8.83. The second-order valence-electron chi connectivity index (χ2n) is 5.11. The number of anilines is 1. The van der Waals surface area contributed by atoms with Gasteiger partial charge in [0, 0.05) is 23.6 Å². The van der Waals surface area contributed by atoms with E-state index >= 15 is 0 Å². The number of fused-ring (bicyclic) bond motifs is 1. The summed E-state index contributed by atoms with van der Waals surface area (Å²) in [5.74, 6) is -0.872. The van der Waals surface area contributed by atoms with Crippen LogP contribution in [-0.4, -0.2) is 23.1 Å². The third-order valence-electron chi connectivity index (χ3n) is 3.45. The molecule has 6 heteroatoms. The van der Waals surface area contributed by atoms with Crippen LogP contribution in [0.15, 0.2) is 42.5 Å². The first-order valence-corrected chi connectivity index (χ1v) is 7.35. The average Bonchev–Trinajstić information content (AvgIpc) is 2.55. The molecule has 23 heavy (non-hydrogen) atoms. The molecule has 2 aromatic carbocycles. The van der Waals surface area contributed by atoms with Crippen molar-refractivity contribution in [1.29, 1.82) is 0 Å². The maximum Gasteiger partial charge on any atom is 0.223 e. The quantitative estimate of drug-likeness (QED) is 0.709. The predicted octanol–water partition coefficient (Wildman–Crippen LogP) is 3.34. The van der Waals surface area contributed by atoms with E-state index < -0.39 is 11.6 Å². The summed E-state index contributed by atoms with van der Waals surface area (Å²) in [6.45, 7) is 1.18. The van der Waals surface area contributed by atoms with Crippen molar-refractivity contribution in [2.24, 2.45) is 5.73 Å². The monoisotopic (exact) mass is 314 g/mol. The standard InChI is InChI=1S/C17H16F2N4/c18-11-6-7-12(14(19)10-11)16-13-4-1-2-5-15(13)22-17(23-16)21-9-3-8-20/h1-2,4-7,10H,3,8-9,20H2,(H,21,22,23). The molecular formula is C17H16F2N4. The van der Waals surface area contributed by atoms with Gasteiger partial charge in [-0.15, -0.1) is 0 Å². The molecule has 0 fully saturated rings. The summed E-state index contributed by atoms with van der Waals surface area (Å²) in [7, 11) is 0. The zero-order valence-electron chi connectivity index (χ0n) is 12.4. The number of nitrogens with two attached hydrogens (primary N) is 1. The van der Waals surface area contributed by atoms with E-state index in [-0.39, 0.29) is 5.56 Å². The van der Waals surface area contributed by atoms with E-state index in [1.165, 1.54) is 12.1 Å². The lowest BCUT2D eigenvalue weighted by Crippen LogP contribution is -2.11. The molecule has 118 valence electrons. The Morgan fingerprint density at radius 3 is 2.65 bits per heavy atom. The van der Waals surface area contributed by atoms with Gasteiger partial charge in [-0.2, -0.15) is 0 Å². The molecule has 0 aliphatic carbocycles. The van der Waals surface area contributed by atoms with Gasteiger partial charge in [0.15, 0.2) is 0 Å². The second-order valence-corrected chi connectivity index (χ2v) is 5.11. The fourth-order valence-corrected chi connectivity index (χ4v) is 2.34. The number of nitrogens with zero attached hydrogens (tertiary/aromatic N) is 2. The summed E-state index contributed by atoms with van der Waals surface area (Å²) in [6.07, 6.45) is 0.774. The van der Waals surface area contributed by atoms with Crippen LogP contribution in [0.4, 0.5) is 14.7 Å². The lowest BCUT2D eigenvalue weighted by atomic mass is 10.1. The first-order valence-electron chi connectivity index (χ1n) is 7.35. The van der Waals surface area contributed by atoms with Gasteiger partial charge in [0.1, 0.15) is 11.6 Å². The molecule has 0 unspecified atom stereocenters. The molecule has 3 rings (SSSR count). The first kappa shape index (κ1) is 15.3. The van der Waals surface area contributed by atoms with E-state index in [4.69, 9.17) is 5.73 Å². The number of aromatic nitrogens is 2. The van der Waals surface area contributed by atoms with Crippen LogP contribution in [0.1, 0.15) is 6.42 Å². The first-order chi connectivity index (χ1) is 11.2. The Morgan fingerprint density at radius 1 is 1.04 bits per heavy atom. The van der Waals surface area contributed by atoms with Crippen LogP contribution in [0.5, 0.6) is 0 Å². The molecule has 0 bridgehead atoms. The van der Waals surface area contributed by atoms with E-state index in [1.807, 2.05) is 24.3 Å². The highest BCUT2D eigenvalue weighted by Crippen LogP contribution is 2.29. The summed E-state index contributed by atoms with van der Waals surface area (Å²) in [5, 5.41) is 3.79. The molecule has 0 radical (unpaired) electrons. The van der Waals surface area contributed by atoms with E-state index in [9.17, 15) is 8.78 Å². The minimum Gasteiger partial charge on any atom is -0.354 e.